The average molecular weight is 418 g/mol. The van der Waals surface area contributed by atoms with Gasteiger partial charge in [0.2, 0.25) is 11.7 Å². The van der Waals surface area contributed by atoms with Gasteiger partial charge in [-0.05, 0) is 39.3 Å². The number of carbonyl (C=O) groups is 3. The van der Waals surface area contributed by atoms with E-state index in [9.17, 15) is 14.4 Å². The zero-order valence-electron chi connectivity index (χ0n) is 17.1. The lowest BCUT2D eigenvalue weighted by molar-refractivity contribution is -0.116. The van der Waals surface area contributed by atoms with Crippen molar-refractivity contribution in [1.82, 2.24) is 31.8 Å². The molecule has 1 aliphatic heterocycles. The van der Waals surface area contributed by atoms with Crippen LogP contribution in [0, 0.1) is 0 Å². The minimum absolute atomic E-state index is 0.0796. The van der Waals surface area contributed by atoms with Crippen molar-refractivity contribution in [3.8, 4) is 0 Å². The molecular weight excluding hydrogens is 392 g/mol. The fourth-order valence-electron chi connectivity index (χ4n) is 2.11. The number of nitrogens with zero attached hydrogens (tertiary/aromatic N) is 3. The van der Waals surface area contributed by atoms with E-state index in [1.165, 1.54) is 0 Å². The van der Waals surface area contributed by atoms with Crippen molar-refractivity contribution >= 4 is 29.6 Å². The highest BCUT2D eigenvalue weighted by Crippen LogP contribution is 2.06. The van der Waals surface area contributed by atoms with Crippen LogP contribution in [0.25, 0.3) is 0 Å². The molecule has 0 aromatic carbocycles. The van der Waals surface area contributed by atoms with Crippen molar-refractivity contribution in [3.05, 3.63) is 30.1 Å². The Labute approximate surface area is 173 Å². The third-order valence-corrected chi connectivity index (χ3v) is 3.44. The number of carbonyl (C=O) groups excluding carboxylic acids is 3. The highest BCUT2D eigenvalue weighted by Gasteiger charge is 2.19. The number of pyridine rings is 1. The third kappa shape index (κ3) is 8.12. The van der Waals surface area contributed by atoms with Gasteiger partial charge in [0.15, 0.2) is 0 Å². The number of hydrogen-bond acceptors (Lipinski definition) is 9. The molecule has 3 amide bonds. The van der Waals surface area contributed by atoms with Crippen LogP contribution in [0.1, 0.15) is 32.9 Å². The predicted molar refractivity (Wildman–Crippen MR) is 109 cm³/mol. The van der Waals surface area contributed by atoms with Gasteiger partial charge in [0.1, 0.15) is 5.60 Å². The Morgan fingerprint density at radius 2 is 1.60 bits per heavy atom. The van der Waals surface area contributed by atoms with Gasteiger partial charge in [-0.2, -0.15) is 0 Å². The molecule has 162 valence electrons. The van der Waals surface area contributed by atoms with E-state index in [0.717, 1.165) is 0 Å². The summed E-state index contributed by atoms with van der Waals surface area (Å²) in [7, 11) is 0. The van der Waals surface area contributed by atoms with Crippen LogP contribution in [0.5, 0.6) is 0 Å². The quantitative estimate of drug-likeness (QED) is 0.358. The highest BCUT2D eigenvalue weighted by molar-refractivity contribution is 6.42. The Balaban J connectivity index is 1.63. The van der Waals surface area contributed by atoms with Crippen LogP contribution in [0.2, 0.25) is 0 Å². The van der Waals surface area contributed by atoms with E-state index >= 15 is 0 Å². The smallest absolute Gasteiger partial charge is 0.407 e. The van der Waals surface area contributed by atoms with Gasteiger partial charge in [0.25, 0.3) is 11.8 Å². The van der Waals surface area contributed by atoms with Crippen molar-refractivity contribution in [2.24, 2.45) is 10.2 Å². The molecule has 0 saturated carbocycles. The predicted octanol–water partition coefficient (Wildman–Crippen LogP) is -0.451. The van der Waals surface area contributed by atoms with E-state index in [0.29, 0.717) is 25.2 Å². The molecule has 30 heavy (non-hydrogen) atoms. The molecular formula is C18H26N8O4. The highest BCUT2D eigenvalue weighted by atomic mass is 16.6. The lowest BCUT2D eigenvalue weighted by atomic mass is 10.2. The number of amides is 3. The Kier molecular flexibility index (Phi) is 8.08. The van der Waals surface area contributed by atoms with Gasteiger partial charge in [-0.3, -0.25) is 25.4 Å². The van der Waals surface area contributed by atoms with Gasteiger partial charge in [-0.25, -0.2) is 4.79 Å². The first-order chi connectivity index (χ1) is 14.2. The number of ether oxygens (including phenoxy) is 1. The van der Waals surface area contributed by atoms with E-state index in [2.05, 4.69) is 42.0 Å². The lowest BCUT2D eigenvalue weighted by Crippen LogP contribution is -2.48. The number of amidine groups is 2. The lowest BCUT2D eigenvalue weighted by Gasteiger charge is -2.19. The molecule has 0 saturated heterocycles. The van der Waals surface area contributed by atoms with Crippen molar-refractivity contribution in [2.45, 2.75) is 39.3 Å². The molecule has 12 nitrogen and oxygen atoms in total. The Bertz CT molecular complexity index is 817. The topological polar surface area (TPSA) is 158 Å². The van der Waals surface area contributed by atoms with E-state index < -0.39 is 23.5 Å². The molecule has 0 radical (unpaired) electrons. The molecule has 1 aromatic heterocycles. The van der Waals surface area contributed by atoms with E-state index in [1.54, 1.807) is 39.1 Å². The molecule has 1 aromatic rings. The molecule has 0 atom stereocenters. The second-order valence-electron chi connectivity index (χ2n) is 7.19. The van der Waals surface area contributed by atoms with Gasteiger partial charge in [-0.15, -0.1) is 10.2 Å². The third-order valence-electron chi connectivity index (χ3n) is 3.44. The summed E-state index contributed by atoms with van der Waals surface area (Å²) in [5.41, 5.74) is 4.99. The van der Waals surface area contributed by atoms with Crippen LogP contribution >= 0.6 is 0 Å². The number of aromatic nitrogens is 1. The first kappa shape index (κ1) is 22.6. The van der Waals surface area contributed by atoms with Crippen LogP contribution in [-0.4, -0.2) is 53.3 Å². The maximum Gasteiger partial charge on any atom is 0.407 e. The summed E-state index contributed by atoms with van der Waals surface area (Å²) >= 11 is 0. The van der Waals surface area contributed by atoms with Gasteiger partial charge >= 0.3 is 6.09 Å². The Hall–Kier alpha value is -3.70. The van der Waals surface area contributed by atoms with Crippen LogP contribution < -0.4 is 26.8 Å². The van der Waals surface area contributed by atoms with Crippen molar-refractivity contribution in [1.29, 1.82) is 0 Å². The van der Waals surface area contributed by atoms with Crippen LogP contribution in [0.3, 0.4) is 0 Å². The van der Waals surface area contributed by atoms with E-state index in [1.807, 2.05) is 6.07 Å². The minimum Gasteiger partial charge on any atom is -0.444 e. The summed E-state index contributed by atoms with van der Waals surface area (Å²) < 4.78 is 5.11. The molecule has 2 heterocycles. The van der Waals surface area contributed by atoms with Crippen LogP contribution in [0.15, 0.2) is 34.6 Å². The zero-order valence-corrected chi connectivity index (χ0v) is 17.1. The molecule has 12 heteroatoms. The molecule has 0 unspecified atom stereocenters. The number of nitrogens with one attached hydrogen (secondary N) is 5. The molecule has 5 N–H and O–H groups in total. The summed E-state index contributed by atoms with van der Waals surface area (Å²) in [6, 6.07) is 5.37. The number of hydrogen-bond donors (Lipinski definition) is 5. The summed E-state index contributed by atoms with van der Waals surface area (Å²) in [4.78, 5) is 39.7. The summed E-state index contributed by atoms with van der Waals surface area (Å²) in [6.45, 7) is 6.20. The van der Waals surface area contributed by atoms with Gasteiger partial charge in [0, 0.05) is 19.3 Å². The molecule has 0 bridgehead atoms. The molecule has 0 spiro atoms. The average Bonchev–Trinajstić information content (AvgIpc) is 2.71. The second kappa shape index (κ2) is 10.7. The van der Waals surface area contributed by atoms with Crippen LogP contribution in [0.4, 0.5) is 4.79 Å². The second-order valence-corrected chi connectivity index (χ2v) is 7.19. The first-order valence-electron chi connectivity index (χ1n) is 9.35. The minimum atomic E-state index is -0.565. The number of rotatable bonds is 8. The maximum absolute atomic E-state index is 12.0. The number of alkyl carbamates (subject to hydrolysis) is 1. The Morgan fingerprint density at radius 3 is 2.17 bits per heavy atom. The van der Waals surface area contributed by atoms with E-state index in [4.69, 9.17) is 4.74 Å². The molecule has 0 aliphatic carbocycles. The largest absolute Gasteiger partial charge is 0.444 e. The molecule has 2 rings (SSSR count). The van der Waals surface area contributed by atoms with Crippen molar-refractivity contribution in [3.63, 3.8) is 0 Å². The van der Waals surface area contributed by atoms with Gasteiger partial charge in [0.05, 0.1) is 12.2 Å². The SMILES string of the molecule is CC(C)(C)OC(=O)NCCCNC(=O)C1=NNC(C(=O)NCc2ccccn2)=NN1. The maximum atomic E-state index is 12.0. The normalized spacial score (nSPS) is 13.0. The molecule has 1 aliphatic rings. The number of hydrazone groups is 2. The van der Waals surface area contributed by atoms with Crippen molar-refractivity contribution < 1.29 is 19.1 Å². The fourth-order valence-corrected chi connectivity index (χ4v) is 2.11. The zero-order chi connectivity index (χ0) is 22.0. The first-order valence-corrected chi connectivity index (χ1v) is 9.35. The van der Waals surface area contributed by atoms with Gasteiger partial charge in [-0.1, -0.05) is 6.07 Å². The Morgan fingerprint density at radius 1 is 0.967 bits per heavy atom. The summed E-state index contributed by atoms with van der Waals surface area (Å²) in [5, 5.41) is 15.5. The summed E-state index contributed by atoms with van der Waals surface area (Å²) in [5.74, 6) is -1.17. The van der Waals surface area contributed by atoms with Gasteiger partial charge < -0.3 is 20.7 Å². The summed E-state index contributed by atoms with van der Waals surface area (Å²) in [6.07, 6.45) is 1.61. The van der Waals surface area contributed by atoms with Crippen LogP contribution in [-0.2, 0) is 20.9 Å². The standard InChI is InChI=1S/C18H26N8O4/c1-18(2,3)30-17(29)21-10-6-9-20-15(27)13-23-25-14(26-24-13)16(28)22-11-12-7-4-5-8-19-12/h4-5,7-8H,6,9-11H2,1-3H3,(H,20,27)(H,21,29)(H,22,28)(H,23,24)(H,25,26). The molecule has 0 fully saturated rings. The monoisotopic (exact) mass is 418 g/mol. The van der Waals surface area contributed by atoms with Crippen molar-refractivity contribution in [2.75, 3.05) is 13.1 Å². The fraction of sp³-hybridized carbons (Fsp3) is 0.444. The van der Waals surface area contributed by atoms with E-state index in [-0.39, 0.29) is 18.2 Å².